The Morgan fingerprint density at radius 2 is 2.31 bits per heavy atom. The number of halogens is 2. The third kappa shape index (κ3) is 2.38. The van der Waals surface area contributed by atoms with E-state index in [2.05, 4.69) is 26.2 Å². The summed E-state index contributed by atoms with van der Waals surface area (Å²) < 4.78 is 14.1. The maximum Gasteiger partial charge on any atom is 0.188 e. The molecule has 1 aromatic carbocycles. The summed E-state index contributed by atoms with van der Waals surface area (Å²) >= 11 is 4.43. The lowest BCUT2D eigenvalue weighted by molar-refractivity contribution is 0.631. The predicted octanol–water partition coefficient (Wildman–Crippen LogP) is 3.66. The van der Waals surface area contributed by atoms with Crippen LogP contribution in [0, 0.1) is 17.1 Å². The number of rotatable bonds is 2. The normalized spacial score (nSPS) is 9.81. The van der Waals surface area contributed by atoms with Crippen molar-refractivity contribution in [3.05, 3.63) is 39.6 Å². The molecule has 2 rings (SSSR count). The third-order valence-corrected chi connectivity index (χ3v) is 3.10. The van der Waals surface area contributed by atoms with Gasteiger partial charge in [0, 0.05) is 4.47 Å². The van der Waals surface area contributed by atoms with Crippen LogP contribution in [0.4, 0.5) is 15.2 Å². The van der Waals surface area contributed by atoms with Crippen LogP contribution in [0.1, 0.15) is 4.88 Å². The van der Waals surface area contributed by atoms with Gasteiger partial charge in [0.25, 0.3) is 0 Å². The summed E-state index contributed by atoms with van der Waals surface area (Å²) in [5.74, 6) is -0.364. The van der Waals surface area contributed by atoms with E-state index in [1.165, 1.54) is 23.6 Å². The Labute approximate surface area is 104 Å². The number of hydrogen-bond acceptors (Lipinski definition) is 4. The number of aromatic nitrogens is 1. The van der Waals surface area contributed by atoms with E-state index in [4.69, 9.17) is 5.26 Å². The summed E-state index contributed by atoms with van der Waals surface area (Å²) in [6.07, 6.45) is 1.45. The molecule has 0 saturated carbocycles. The number of hydrogen-bond donors (Lipinski definition) is 1. The standard InChI is InChI=1S/C10H5BrFN3S/c11-6-1-2-8(12)9(3-6)15-10-14-5-7(4-13)16-10/h1-3,5H,(H,14,15). The highest BCUT2D eigenvalue weighted by atomic mass is 79.9. The molecule has 1 N–H and O–H groups in total. The van der Waals surface area contributed by atoms with E-state index in [1.807, 2.05) is 6.07 Å². The van der Waals surface area contributed by atoms with Gasteiger partial charge >= 0.3 is 0 Å². The van der Waals surface area contributed by atoms with Gasteiger partial charge in [-0.2, -0.15) is 5.26 Å². The van der Waals surface area contributed by atoms with E-state index in [0.29, 0.717) is 15.7 Å². The summed E-state index contributed by atoms with van der Waals surface area (Å²) in [4.78, 5) is 4.44. The molecule has 1 heterocycles. The molecule has 0 atom stereocenters. The predicted molar refractivity (Wildman–Crippen MR) is 64.2 cm³/mol. The summed E-state index contributed by atoms with van der Waals surface area (Å²) in [7, 11) is 0. The molecule has 6 heteroatoms. The molecule has 0 aliphatic carbocycles. The molecule has 0 bridgehead atoms. The molecule has 1 aromatic heterocycles. The van der Waals surface area contributed by atoms with E-state index >= 15 is 0 Å². The number of thiazole rings is 1. The molecular formula is C10H5BrFN3S. The van der Waals surface area contributed by atoms with Crippen molar-refractivity contribution in [3.63, 3.8) is 0 Å². The van der Waals surface area contributed by atoms with Crippen LogP contribution in [0.5, 0.6) is 0 Å². The van der Waals surface area contributed by atoms with Crippen molar-refractivity contribution in [2.45, 2.75) is 0 Å². The second-order valence-corrected chi connectivity index (χ2v) is 4.84. The summed E-state index contributed by atoms with van der Waals surface area (Å²) in [5.41, 5.74) is 0.327. The molecule has 80 valence electrons. The van der Waals surface area contributed by atoms with E-state index < -0.39 is 0 Å². The maximum absolute atomic E-state index is 13.4. The molecule has 0 aliphatic heterocycles. The zero-order valence-corrected chi connectivity index (χ0v) is 10.3. The summed E-state index contributed by atoms with van der Waals surface area (Å²) in [5, 5.41) is 11.9. The molecule has 0 unspecified atom stereocenters. The van der Waals surface area contributed by atoms with Gasteiger partial charge in [-0.15, -0.1) is 0 Å². The van der Waals surface area contributed by atoms with Gasteiger partial charge in [-0.05, 0) is 18.2 Å². The largest absolute Gasteiger partial charge is 0.329 e. The molecule has 0 radical (unpaired) electrons. The SMILES string of the molecule is N#Cc1cnc(Nc2cc(Br)ccc2F)s1. The molecule has 2 aromatic rings. The minimum absolute atomic E-state index is 0.327. The fourth-order valence-corrected chi connectivity index (χ4v) is 2.08. The number of anilines is 2. The number of nitriles is 1. The highest BCUT2D eigenvalue weighted by molar-refractivity contribution is 9.10. The van der Waals surface area contributed by atoms with E-state index in [-0.39, 0.29) is 5.82 Å². The Hall–Kier alpha value is -1.45. The second kappa shape index (κ2) is 4.60. The average molecular weight is 298 g/mol. The number of benzene rings is 1. The van der Waals surface area contributed by atoms with Crippen LogP contribution in [0.3, 0.4) is 0 Å². The van der Waals surface area contributed by atoms with Crippen molar-refractivity contribution in [3.8, 4) is 6.07 Å². The van der Waals surface area contributed by atoms with Gasteiger partial charge in [0.1, 0.15) is 16.8 Å². The Bertz CT molecular complexity index is 561. The van der Waals surface area contributed by atoms with Crippen molar-refractivity contribution in [2.24, 2.45) is 0 Å². The molecule has 3 nitrogen and oxygen atoms in total. The maximum atomic E-state index is 13.4. The molecular weight excluding hydrogens is 293 g/mol. The lowest BCUT2D eigenvalue weighted by Crippen LogP contribution is -1.92. The highest BCUT2D eigenvalue weighted by Gasteiger charge is 2.06. The first-order valence-corrected chi connectivity index (χ1v) is 5.88. The van der Waals surface area contributed by atoms with Crippen molar-refractivity contribution >= 4 is 38.1 Å². The molecule has 0 spiro atoms. The molecule has 0 aliphatic rings. The Morgan fingerprint density at radius 3 is 3.00 bits per heavy atom. The minimum Gasteiger partial charge on any atom is -0.329 e. The Morgan fingerprint density at radius 1 is 1.50 bits per heavy atom. The van der Waals surface area contributed by atoms with Crippen LogP contribution in [-0.4, -0.2) is 4.98 Å². The third-order valence-electron chi connectivity index (χ3n) is 1.79. The Balaban J connectivity index is 2.27. The highest BCUT2D eigenvalue weighted by Crippen LogP contribution is 2.26. The summed E-state index contributed by atoms with van der Waals surface area (Å²) in [6, 6.07) is 6.55. The summed E-state index contributed by atoms with van der Waals surface area (Å²) in [6.45, 7) is 0. The molecule has 0 saturated heterocycles. The minimum atomic E-state index is -0.364. The zero-order valence-electron chi connectivity index (χ0n) is 7.87. The van der Waals surface area contributed by atoms with Crippen LogP contribution < -0.4 is 5.32 Å². The van der Waals surface area contributed by atoms with Crippen LogP contribution in [0.2, 0.25) is 0 Å². The van der Waals surface area contributed by atoms with Crippen molar-refractivity contribution in [2.75, 3.05) is 5.32 Å². The monoisotopic (exact) mass is 297 g/mol. The van der Waals surface area contributed by atoms with E-state index in [0.717, 1.165) is 4.47 Å². The molecule has 0 fully saturated rings. The lowest BCUT2D eigenvalue weighted by Gasteiger charge is -2.03. The van der Waals surface area contributed by atoms with E-state index in [9.17, 15) is 4.39 Å². The molecule has 16 heavy (non-hydrogen) atoms. The lowest BCUT2D eigenvalue weighted by atomic mass is 10.3. The van der Waals surface area contributed by atoms with E-state index in [1.54, 1.807) is 12.1 Å². The van der Waals surface area contributed by atoms with Crippen LogP contribution in [-0.2, 0) is 0 Å². The van der Waals surface area contributed by atoms with Gasteiger partial charge in [0.05, 0.1) is 11.9 Å². The van der Waals surface area contributed by atoms with Gasteiger partial charge in [-0.1, -0.05) is 27.3 Å². The fourth-order valence-electron chi connectivity index (χ4n) is 1.09. The van der Waals surface area contributed by atoms with Crippen LogP contribution >= 0.6 is 27.3 Å². The quantitative estimate of drug-likeness (QED) is 0.920. The average Bonchev–Trinajstić information content (AvgIpc) is 2.71. The van der Waals surface area contributed by atoms with Gasteiger partial charge in [0.2, 0.25) is 0 Å². The fraction of sp³-hybridized carbons (Fsp3) is 0. The van der Waals surface area contributed by atoms with Gasteiger partial charge in [-0.3, -0.25) is 0 Å². The first-order valence-electron chi connectivity index (χ1n) is 4.27. The van der Waals surface area contributed by atoms with Gasteiger partial charge < -0.3 is 5.32 Å². The first-order chi connectivity index (χ1) is 7.69. The first kappa shape index (κ1) is 11.0. The number of nitrogens with one attached hydrogen (secondary N) is 1. The van der Waals surface area contributed by atoms with Crippen LogP contribution in [0.15, 0.2) is 28.9 Å². The van der Waals surface area contributed by atoms with Gasteiger partial charge in [-0.25, -0.2) is 9.37 Å². The topological polar surface area (TPSA) is 48.7 Å². The molecule has 0 amide bonds. The van der Waals surface area contributed by atoms with Gasteiger partial charge in [0.15, 0.2) is 5.13 Å². The second-order valence-electron chi connectivity index (χ2n) is 2.89. The Kier molecular flexibility index (Phi) is 3.17. The zero-order chi connectivity index (χ0) is 11.5. The number of nitrogens with zero attached hydrogens (tertiary/aromatic N) is 2. The van der Waals surface area contributed by atoms with Crippen molar-refractivity contribution < 1.29 is 4.39 Å². The van der Waals surface area contributed by atoms with Crippen molar-refractivity contribution in [1.82, 2.24) is 4.98 Å². The smallest absolute Gasteiger partial charge is 0.188 e. The van der Waals surface area contributed by atoms with Crippen LogP contribution in [0.25, 0.3) is 0 Å². The van der Waals surface area contributed by atoms with Crippen molar-refractivity contribution in [1.29, 1.82) is 5.26 Å².